The summed E-state index contributed by atoms with van der Waals surface area (Å²) < 4.78 is 2.05. The van der Waals surface area contributed by atoms with Crippen LogP contribution in [0.3, 0.4) is 0 Å². The molecule has 1 aliphatic rings. The molecule has 0 aliphatic carbocycles. The Morgan fingerprint density at radius 3 is 3.16 bits per heavy atom. The largest absolute Gasteiger partial charge is 0.339 e. The summed E-state index contributed by atoms with van der Waals surface area (Å²) in [5.74, 6) is 0.950. The number of carbonyl (C=O) groups is 1. The molecule has 19 heavy (non-hydrogen) atoms. The first-order valence-electron chi connectivity index (χ1n) is 6.38. The summed E-state index contributed by atoms with van der Waals surface area (Å²) in [6.45, 7) is 4.54. The van der Waals surface area contributed by atoms with Crippen LogP contribution in [0.15, 0.2) is 6.33 Å². The fourth-order valence-electron chi connectivity index (χ4n) is 2.22. The number of hydrogen-bond donors (Lipinski definition) is 0. The number of carbonyl (C=O) groups excluding carboxylic acids is 1. The molecule has 0 radical (unpaired) electrons. The van der Waals surface area contributed by atoms with Crippen molar-refractivity contribution < 1.29 is 4.79 Å². The van der Waals surface area contributed by atoms with Crippen LogP contribution in [0.25, 0.3) is 0 Å². The first-order chi connectivity index (χ1) is 9.31. The van der Waals surface area contributed by atoms with Gasteiger partial charge in [0, 0.05) is 13.1 Å². The maximum Gasteiger partial charge on any atom is 0.186 e. The molecule has 0 amide bonds. The predicted molar refractivity (Wildman–Crippen MR) is 72.6 cm³/mol. The van der Waals surface area contributed by atoms with Crippen molar-refractivity contribution in [1.29, 1.82) is 0 Å². The van der Waals surface area contributed by atoms with Gasteiger partial charge in [0.1, 0.15) is 6.33 Å². The molecule has 0 aromatic carbocycles. The summed E-state index contributed by atoms with van der Waals surface area (Å²) >= 11 is 1.47. The van der Waals surface area contributed by atoms with Gasteiger partial charge < -0.3 is 9.47 Å². The van der Waals surface area contributed by atoms with Gasteiger partial charge in [-0.15, -0.1) is 10.2 Å². The molecule has 0 bridgehead atoms. The number of aryl methyl sites for hydroxylation is 1. The minimum Gasteiger partial charge on any atom is -0.339 e. The van der Waals surface area contributed by atoms with Crippen LogP contribution in [-0.2, 0) is 19.5 Å². The lowest BCUT2D eigenvalue weighted by molar-refractivity contribution is 0.112. The fourth-order valence-corrected chi connectivity index (χ4v) is 3.17. The van der Waals surface area contributed by atoms with Crippen LogP contribution in [0.2, 0.25) is 0 Å². The second-order valence-corrected chi connectivity index (χ2v) is 5.55. The Morgan fingerprint density at radius 2 is 2.37 bits per heavy atom. The average molecular weight is 277 g/mol. The molecule has 3 heterocycles. The zero-order valence-corrected chi connectivity index (χ0v) is 11.6. The minimum absolute atomic E-state index is 0.706. The van der Waals surface area contributed by atoms with Crippen LogP contribution in [0, 0.1) is 0 Å². The minimum atomic E-state index is 0.706. The van der Waals surface area contributed by atoms with Crippen LogP contribution >= 0.6 is 11.3 Å². The smallest absolute Gasteiger partial charge is 0.186 e. The number of aldehydes is 1. The van der Waals surface area contributed by atoms with E-state index in [2.05, 4.69) is 31.6 Å². The van der Waals surface area contributed by atoms with Crippen molar-refractivity contribution in [3.8, 4) is 0 Å². The number of thiazole rings is 1. The monoisotopic (exact) mass is 277 g/mol. The van der Waals surface area contributed by atoms with Gasteiger partial charge in [-0.25, -0.2) is 4.98 Å². The number of anilines is 1. The number of nitrogens with zero attached hydrogens (tertiary/aromatic N) is 5. The molecular formula is C12H15N5OS. The van der Waals surface area contributed by atoms with Gasteiger partial charge in [0.15, 0.2) is 17.2 Å². The highest BCUT2D eigenvalue weighted by Gasteiger charge is 2.21. The molecule has 1 aliphatic heterocycles. The third kappa shape index (κ3) is 2.25. The third-order valence-corrected chi connectivity index (χ3v) is 4.30. The van der Waals surface area contributed by atoms with E-state index in [1.165, 1.54) is 11.3 Å². The van der Waals surface area contributed by atoms with E-state index in [0.29, 0.717) is 6.54 Å². The highest BCUT2D eigenvalue weighted by atomic mass is 32.1. The van der Waals surface area contributed by atoms with Gasteiger partial charge in [-0.1, -0.05) is 24.7 Å². The van der Waals surface area contributed by atoms with Crippen LogP contribution in [0.4, 0.5) is 5.13 Å². The summed E-state index contributed by atoms with van der Waals surface area (Å²) in [7, 11) is 0. The summed E-state index contributed by atoms with van der Waals surface area (Å²) in [6.07, 6.45) is 4.53. The van der Waals surface area contributed by atoms with Crippen LogP contribution < -0.4 is 4.90 Å². The Morgan fingerprint density at radius 1 is 1.47 bits per heavy atom. The normalized spacial score (nSPS) is 14.5. The maximum atomic E-state index is 11.1. The Hall–Kier alpha value is -1.76. The number of aromatic nitrogens is 4. The highest BCUT2D eigenvalue weighted by Crippen LogP contribution is 2.28. The van der Waals surface area contributed by atoms with Crippen molar-refractivity contribution in [2.24, 2.45) is 0 Å². The Bertz CT molecular complexity index is 591. The van der Waals surface area contributed by atoms with Crippen molar-refractivity contribution >= 4 is 22.8 Å². The second kappa shape index (κ2) is 5.08. The molecule has 100 valence electrons. The molecule has 2 aromatic heterocycles. The second-order valence-electron chi connectivity index (χ2n) is 4.54. The summed E-state index contributed by atoms with van der Waals surface area (Å²) in [5.41, 5.74) is 0.921. The molecule has 0 saturated carbocycles. The zero-order valence-electron chi connectivity index (χ0n) is 10.7. The first-order valence-corrected chi connectivity index (χ1v) is 7.20. The van der Waals surface area contributed by atoms with Gasteiger partial charge in [-0.3, -0.25) is 4.79 Å². The van der Waals surface area contributed by atoms with E-state index in [0.717, 1.165) is 53.7 Å². The van der Waals surface area contributed by atoms with E-state index < -0.39 is 0 Å². The van der Waals surface area contributed by atoms with Crippen molar-refractivity contribution in [1.82, 2.24) is 19.7 Å². The SMILES string of the molecule is CCCc1nc(N2CCn3cnnc3C2)sc1C=O. The van der Waals surface area contributed by atoms with Gasteiger partial charge in [-0.05, 0) is 6.42 Å². The van der Waals surface area contributed by atoms with Gasteiger partial charge in [-0.2, -0.15) is 0 Å². The molecule has 0 spiro atoms. The molecule has 0 atom stereocenters. The average Bonchev–Trinajstić information content (AvgIpc) is 3.04. The Balaban J connectivity index is 1.85. The van der Waals surface area contributed by atoms with E-state index >= 15 is 0 Å². The van der Waals surface area contributed by atoms with Crippen molar-refractivity contribution in [2.75, 3.05) is 11.4 Å². The summed E-state index contributed by atoms with van der Waals surface area (Å²) in [4.78, 5) is 18.6. The van der Waals surface area contributed by atoms with E-state index in [-0.39, 0.29) is 0 Å². The van der Waals surface area contributed by atoms with Crippen molar-refractivity contribution in [2.45, 2.75) is 32.9 Å². The van der Waals surface area contributed by atoms with Crippen LogP contribution in [-0.4, -0.2) is 32.6 Å². The van der Waals surface area contributed by atoms with Crippen LogP contribution in [0.1, 0.15) is 34.5 Å². The summed E-state index contributed by atoms with van der Waals surface area (Å²) in [5, 5.41) is 8.93. The van der Waals surface area contributed by atoms with E-state index in [1.807, 2.05) is 0 Å². The highest BCUT2D eigenvalue weighted by molar-refractivity contribution is 7.17. The maximum absolute atomic E-state index is 11.1. The molecule has 0 unspecified atom stereocenters. The van der Waals surface area contributed by atoms with E-state index in [4.69, 9.17) is 0 Å². The predicted octanol–water partition coefficient (Wildman–Crippen LogP) is 1.52. The molecule has 6 nitrogen and oxygen atoms in total. The lowest BCUT2D eigenvalue weighted by Gasteiger charge is -2.26. The lowest BCUT2D eigenvalue weighted by Crippen LogP contribution is -2.33. The first kappa shape index (κ1) is 12.3. The molecule has 3 rings (SSSR count). The third-order valence-electron chi connectivity index (χ3n) is 3.22. The van der Waals surface area contributed by atoms with Gasteiger partial charge >= 0.3 is 0 Å². The van der Waals surface area contributed by atoms with Crippen LogP contribution in [0.5, 0.6) is 0 Å². The van der Waals surface area contributed by atoms with Crippen molar-refractivity contribution in [3.63, 3.8) is 0 Å². The lowest BCUT2D eigenvalue weighted by atomic mass is 10.2. The fraction of sp³-hybridized carbons (Fsp3) is 0.500. The van der Waals surface area contributed by atoms with Gasteiger partial charge in [0.2, 0.25) is 0 Å². The quantitative estimate of drug-likeness (QED) is 0.793. The van der Waals surface area contributed by atoms with Gasteiger partial charge in [0.25, 0.3) is 0 Å². The molecule has 0 fully saturated rings. The van der Waals surface area contributed by atoms with E-state index in [9.17, 15) is 4.79 Å². The van der Waals surface area contributed by atoms with Gasteiger partial charge in [0.05, 0.1) is 17.1 Å². The molecule has 0 N–H and O–H groups in total. The molecule has 2 aromatic rings. The topological polar surface area (TPSA) is 63.9 Å². The van der Waals surface area contributed by atoms with E-state index in [1.54, 1.807) is 6.33 Å². The molecule has 0 saturated heterocycles. The zero-order chi connectivity index (χ0) is 13.2. The summed E-state index contributed by atoms with van der Waals surface area (Å²) in [6, 6.07) is 0. The number of fused-ring (bicyclic) bond motifs is 1. The Kier molecular flexibility index (Phi) is 3.29. The van der Waals surface area contributed by atoms with Crippen molar-refractivity contribution in [3.05, 3.63) is 22.7 Å². The molecular weight excluding hydrogens is 262 g/mol. The number of rotatable bonds is 4. The Labute approximate surface area is 115 Å². The number of hydrogen-bond acceptors (Lipinski definition) is 6. The molecule has 7 heteroatoms. The standard InChI is InChI=1S/C12H15N5OS/c1-2-3-9-10(7-18)19-12(14-9)16-4-5-17-8-13-15-11(17)6-16/h7-8H,2-6H2,1H3.